The van der Waals surface area contributed by atoms with Crippen molar-refractivity contribution >= 4 is 40.1 Å². The number of carbonyl (C=O) groups is 3. The summed E-state index contributed by atoms with van der Waals surface area (Å²) in [5, 5.41) is 8.27. The van der Waals surface area contributed by atoms with Crippen molar-refractivity contribution in [2.75, 3.05) is 33.9 Å². The van der Waals surface area contributed by atoms with Gasteiger partial charge in [-0.2, -0.15) is 0 Å². The number of amides is 3. The van der Waals surface area contributed by atoms with E-state index >= 15 is 0 Å². The Balaban J connectivity index is 1.48. The zero-order valence-corrected chi connectivity index (χ0v) is 33.0. The number of cyclic esters (lactones) is 1. The molecule has 53 heavy (non-hydrogen) atoms. The summed E-state index contributed by atoms with van der Waals surface area (Å²) in [7, 11) is 3.42. The number of fused-ring (bicyclic) bond motifs is 6. The number of ether oxygens (including phenoxy) is 2. The molecule has 0 unspecified atom stereocenters. The van der Waals surface area contributed by atoms with Crippen LogP contribution in [0.2, 0.25) is 0 Å². The van der Waals surface area contributed by atoms with Gasteiger partial charge in [-0.05, 0) is 68.9 Å². The maximum atomic E-state index is 14.1. The molecular formula is C40H53N7O5S. The summed E-state index contributed by atoms with van der Waals surface area (Å²) in [6.07, 6.45) is 3.55. The number of benzene rings is 1. The van der Waals surface area contributed by atoms with Crippen LogP contribution in [0.1, 0.15) is 76.8 Å². The molecule has 5 heterocycles. The highest BCUT2D eigenvalue weighted by atomic mass is 32.1. The second-order valence-corrected chi connectivity index (χ2v) is 16.4. The molecule has 0 spiro atoms. The minimum absolute atomic E-state index is 0.181. The van der Waals surface area contributed by atoms with Crippen molar-refractivity contribution in [3.05, 3.63) is 58.2 Å². The van der Waals surface area contributed by atoms with Crippen LogP contribution in [0, 0.1) is 11.3 Å². The molecule has 0 saturated carbocycles. The Morgan fingerprint density at radius 2 is 2.02 bits per heavy atom. The van der Waals surface area contributed by atoms with Gasteiger partial charge in [0.05, 0.1) is 34.8 Å². The summed E-state index contributed by atoms with van der Waals surface area (Å²) in [4.78, 5) is 52.5. The summed E-state index contributed by atoms with van der Waals surface area (Å²) >= 11 is 1.47. The zero-order valence-electron chi connectivity index (χ0n) is 32.2. The van der Waals surface area contributed by atoms with E-state index in [0.29, 0.717) is 32.4 Å². The van der Waals surface area contributed by atoms with E-state index in [9.17, 15) is 14.4 Å². The van der Waals surface area contributed by atoms with Gasteiger partial charge < -0.3 is 24.3 Å². The Morgan fingerprint density at radius 1 is 1.23 bits per heavy atom. The maximum absolute atomic E-state index is 14.1. The predicted molar refractivity (Wildman–Crippen MR) is 207 cm³/mol. The zero-order chi connectivity index (χ0) is 38.0. The molecule has 0 radical (unpaired) electrons. The summed E-state index contributed by atoms with van der Waals surface area (Å²) in [5.41, 5.74) is 9.60. The number of aromatic nitrogens is 3. The lowest BCUT2D eigenvalue weighted by Crippen LogP contribution is -2.61. The van der Waals surface area contributed by atoms with E-state index in [2.05, 4.69) is 60.3 Å². The minimum Gasteiger partial charge on any atom is -0.464 e. The van der Waals surface area contributed by atoms with E-state index in [-0.39, 0.29) is 37.0 Å². The van der Waals surface area contributed by atoms with Crippen LogP contribution in [0.25, 0.3) is 33.4 Å². The second-order valence-electron chi connectivity index (χ2n) is 15.5. The number of aryl methyl sites for hydroxylation is 1. The number of carbonyl (C=O) groups excluding carboxylic acids is 3. The monoisotopic (exact) mass is 743 g/mol. The molecule has 4 aromatic rings. The molecule has 6 rings (SSSR count). The van der Waals surface area contributed by atoms with Crippen LogP contribution in [0.5, 0.6) is 0 Å². The van der Waals surface area contributed by atoms with Gasteiger partial charge in [0.2, 0.25) is 0 Å². The third kappa shape index (κ3) is 8.27. The highest BCUT2D eigenvalue weighted by Gasteiger charge is 2.36. The van der Waals surface area contributed by atoms with Gasteiger partial charge in [-0.1, -0.05) is 33.8 Å². The van der Waals surface area contributed by atoms with E-state index in [1.165, 1.54) is 16.3 Å². The van der Waals surface area contributed by atoms with E-state index in [4.69, 9.17) is 19.4 Å². The fourth-order valence-electron chi connectivity index (χ4n) is 7.45. The smallest absolute Gasteiger partial charge is 0.324 e. The Morgan fingerprint density at radius 3 is 2.75 bits per heavy atom. The minimum atomic E-state index is -0.894. The third-order valence-corrected chi connectivity index (χ3v) is 11.0. The molecule has 12 nitrogen and oxygen atoms in total. The first-order valence-corrected chi connectivity index (χ1v) is 19.5. The van der Waals surface area contributed by atoms with Gasteiger partial charge in [0, 0.05) is 79.2 Å². The summed E-state index contributed by atoms with van der Waals surface area (Å²) in [5.74, 6) is -0.457. The topological polar surface area (TPSA) is 131 Å². The second kappa shape index (κ2) is 16.0. The number of hydrogen-bond donors (Lipinski definition) is 2. The SMILES string of the molecule is CCn1c(-c2cccnc2[C@H](C)OC)c2c3cc(ccc31)-c1csc(n1)C[C@H](NC(=O)N(C)CC(C)C)C(=O)N1CCC[C@H](N1)C(=O)OCC(C)(C)C2. The van der Waals surface area contributed by atoms with Crippen molar-refractivity contribution in [1.29, 1.82) is 0 Å². The number of methoxy groups -OCH3 is 1. The lowest BCUT2D eigenvalue weighted by molar-refractivity contribution is -0.155. The van der Waals surface area contributed by atoms with E-state index in [1.807, 2.05) is 32.2 Å². The summed E-state index contributed by atoms with van der Waals surface area (Å²) in [6.45, 7) is 14.3. The Labute approximate surface area is 316 Å². The highest BCUT2D eigenvalue weighted by molar-refractivity contribution is 7.10. The molecule has 3 atom stereocenters. The van der Waals surface area contributed by atoms with Crippen molar-refractivity contribution < 1.29 is 23.9 Å². The van der Waals surface area contributed by atoms with Gasteiger partial charge in [0.15, 0.2) is 0 Å². The number of nitrogens with zero attached hydrogens (tertiary/aromatic N) is 5. The van der Waals surface area contributed by atoms with Crippen LogP contribution >= 0.6 is 11.3 Å². The first-order chi connectivity index (χ1) is 25.3. The molecule has 2 N–H and O–H groups in total. The molecule has 2 aliphatic heterocycles. The Kier molecular flexibility index (Phi) is 11.6. The molecule has 1 saturated heterocycles. The van der Waals surface area contributed by atoms with Crippen molar-refractivity contribution in [1.82, 2.24) is 35.2 Å². The molecule has 284 valence electrons. The molecule has 6 bridgehead atoms. The van der Waals surface area contributed by atoms with Gasteiger partial charge in [0.1, 0.15) is 12.1 Å². The number of hydrogen-bond acceptors (Lipinski definition) is 9. The first kappa shape index (κ1) is 38.4. The molecule has 1 aromatic carbocycles. The van der Waals surface area contributed by atoms with Crippen molar-refractivity contribution in [2.45, 2.75) is 92.0 Å². The fraction of sp³-hybridized carbons (Fsp3) is 0.525. The average Bonchev–Trinajstić information content (AvgIpc) is 3.73. The van der Waals surface area contributed by atoms with Crippen LogP contribution in [-0.4, -0.2) is 88.3 Å². The number of urea groups is 1. The van der Waals surface area contributed by atoms with Crippen molar-refractivity contribution in [3.63, 3.8) is 0 Å². The standard InChI is InChI=1S/C40H53N7O5S/c1-9-46-33-15-14-26-18-28(33)29(36(46)27-12-10-16-41-35(27)25(4)51-8)20-40(5,6)23-52-38(49)30-13-11-17-47(44-30)37(48)31(19-34-42-32(26)22-53-34)43-39(50)45(7)21-24(2)3/h10,12,14-16,18,22,24-25,30-31,44H,9,11,13,17,19-21,23H2,1-8H3,(H,43,50)/t25-,30-,31-/m0/s1. The van der Waals surface area contributed by atoms with Gasteiger partial charge in [0.25, 0.3) is 5.91 Å². The third-order valence-electron chi connectivity index (χ3n) is 10.1. The molecule has 0 aliphatic carbocycles. The van der Waals surface area contributed by atoms with Gasteiger partial charge >= 0.3 is 12.0 Å². The van der Waals surface area contributed by atoms with Crippen LogP contribution in [-0.2, 0) is 38.4 Å². The van der Waals surface area contributed by atoms with E-state index in [0.717, 1.165) is 56.2 Å². The molecule has 3 aromatic heterocycles. The number of esters is 1. The largest absolute Gasteiger partial charge is 0.464 e. The molecule has 1 fully saturated rings. The normalized spacial score (nSPS) is 19.9. The lowest BCUT2D eigenvalue weighted by atomic mass is 9.84. The lowest BCUT2D eigenvalue weighted by Gasteiger charge is -2.35. The number of rotatable bonds is 7. The number of thiazole rings is 1. The van der Waals surface area contributed by atoms with Crippen molar-refractivity contribution in [3.8, 4) is 22.5 Å². The van der Waals surface area contributed by atoms with Crippen LogP contribution in [0.4, 0.5) is 4.79 Å². The van der Waals surface area contributed by atoms with Crippen molar-refractivity contribution in [2.24, 2.45) is 11.3 Å². The Bertz CT molecular complexity index is 1970. The number of hydrazine groups is 1. The van der Waals surface area contributed by atoms with Gasteiger partial charge in [-0.15, -0.1) is 11.3 Å². The van der Waals surface area contributed by atoms with E-state index < -0.39 is 23.5 Å². The quantitative estimate of drug-likeness (QED) is 0.209. The predicted octanol–water partition coefficient (Wildman–Crippen LogP) is 6.38. The number of pyridine rings is 1. The van der Waals surface area contributed by atoms with Gasteiger partial charge in [-0.25, -0.2) is 15.2 Å². The molecular weight excluding hydrogens is 691 g/mol. The molecule has 2 aliphatic rings. The molecule has 3 amide bonds. The fourth-order valence-corrected chi connectivity index (χ4v) is 8.30. The first-order valence-electron chi connectivity index (χ1n) is 18.6. The molecule has 13 heteroatoms. The average molecular weight is 744 g/mol. The van der Waals surface area contributed by atoms with Gasteiger partial charge in [-0.3, -0.25) is 19.6 Å². The summed E-state index contributed by atoms with van der Waals surface area (Å²) in [6, 6.07) is 8.60. The number of nitrogens with one attached hydrogen (secondary N) is 2. The van der Waals surface area contributed by atoms with Crippen LogP contribution in [0.3, 0.4) is 0 Å². The van der Waals surface area contributed by atoms with E-state index in [1.54, 1.807) is 25.3 Å². The van der Waals surface area contributed by atoms with Crippen LogP contribution in [0.15, 0.2) is 41.9 Å². The summed E-state index contributed by atoms with van der Waals surface area (Å²) < 4.78 is 14.2. The highest BCUT2D eigenvalue weighted by Crippen LogP contribution is 2.42. The maximum Gasteiger partial charge on any atom is 0.324 e. The van der Waals surface area contributed by atoms with Crippen LogP contribution < -0.4 is 10.7 Å². The Hall–Kier alpha value is -4.33.